The molecule has 0 bridgehead atoms. The van der Waals surface area contributed by atoms with Crippen LogP contribution >= 0.6 is 0 Å². The van der Waals surface area contributed by atoms with Gasteiger partial charge in [0.25, 0.3) is 5.56 Å². The Balaban J connectivity index is 2.17. The maximum Gasteiger partial charge on any atom is 0.250 e. The van der Waals surface area contributed by atoms with Crippen molar-refractivity contribution in [3.05, 3.63) is 70.6 Å². The number of hydrogen-bond donors (Lipinski definition) is 1. The smallest absolute Gasteiger partial charge is 0.250 e. The summed E-state index contributed by atoms with van der Waals surface area (Å²) in [5.74, 6) is 0. The van der Waals surface area contributed by atoms with Gasteiger partial charge >= 0.3 is 0 Å². The fourth-order valence-corrected chi connectivity index (χ4v) is 1.58. The SMILES string of the molecule is O=c1ccccn1CC(O)c1ccccc1. The van der Waals surface area contributed by atoms with Gasteiger partial charge in [-0.05, 0) is 11.6 Å². The van der Waals surface area contributed by atoms with Gasteiger partial charge in [-0.1, -0.05) is 36.4 Å². The summed E-state index contributed by atoms with van der Waals surface area (Å²) in [7, 11) is 0. The minimum absolute atomic E-state index is 0.0996. The van der Waals surface area contributed by atoms with Crippen LogP contribution in [0.5, 0.6) is 0 Å². The van der Waals surface area contributed by atoms with E-state index in [-0.39, 0.29) is 12.1 Å². The van der Waals surface area contributed by atoms with E-state index < -0.39 is 6.10 Å². The van der Waals surface area contributed by atoms with Gasteiger partial charge in [0, 0.05) is 12.3 Å². The van der Waals surface area contributed by atoms with Crippen LogP contribution in [0.2, 0.25) is 0 Å². The molecule has 0 aliphatic heterocycles. The summed E-state index contributed by atoms with van der Waals surface area (Å²) in [6, 6.07) is 14.3. The Hall–Kier alpha value is -1.87. The topological polar surface area (TPSA) is 42.2 Å². The van der Waals surface area contributed by atoms with Crippen LogP contribution in [0.1, 0.15) is 11.7 Å². The van der Waals surface area contributed by atoms with Crippen molar-refractivity contribution in [3.8, 4) is 0 Å². The lowest BCUT2D eigenvalue weighted by Gasteiger charge is -2.12. The van der Waals surface area contributed by atoms with Crippen molar-refractivity contribution < 1.29 is 5.11 Å². The summed E-state index contributed by atoms with van der Waals surface area (Å²) < 4.78 is 1.50. The average molecular weight is 215 g/mol. The van der Waals surface area contributed by atoms with Crippen LogP contribution in [0.4, 0.5) is 0 Å². The second kappa shape index (κ2) is 4.77. The molecular formula is C13H13NO2. The van der Waals surface area contributed by atoms with Crippen molar-refractivity contribution in [2.75, 3.05) is 0 Å². The van der Waals surface area contributed by atoms with Gasteiger partial charge in [-0.3, -0.25) is 4.79 Å². The molecular weight excluding hydrogens is 202 g/mol. The Bertz CT molecular complexity index is 505. The Morgan fingerprint density at radius 1 is 1.06 bits per heavy atom. The molecule has 1 N–H and O–H groups in total. The first kappa shape index (κ1) is 10.6. The lowest BCUT2D eigenvalue weighted by atomic mass is 10.1. The number of rotatable bonds is 3. The Labute approximate surface area is 93.6 Å². The van der Waals surface area contributed by atoms with E-state index in [1.54, 1.807) is 18.3 Å². The molecule has 82 valence electrons. The normalized spacial score (nSPS) is 12.3. The van der Waals surface area contributed by atoms with Crippen molar-refractivity contribution in [3.63, 3.8) is 0 Å². The van der Waals surface area contributed by atoms with Crippen molar-refractivity contribution in [1.29, 1.82) is 0 Å². The van der Waals surface area contributed by atoms with E-state index >= 15 is 0 Å². The zero-order valence-electron chi connectivity index (χ0n) is 8.78. The van der Waals surface area contributed by atoms with Crippen molar-refractivity contribution in [2.24, 2.45) is 0 Å². The molecule has 0 spiro atoms. The molecule has 2 aromatic rings. The van der Waals surface area contributed by atoms with Gasteiger partial charge in [-0.15, -0.1) is 0 Å². The number of benzene rings is 1. The zero-order chi connectivity index (χ0) is 11.4. The highest BCUT2D eigenvalue weighted by atomic mass is 16.3. The third-order valence-corrected chi connectivity index (χ3v) is 2.45. The highest BCUT2D eigenvalue weighted by Crippen LogP contribution is 2.13. The van der Waals surface area contributed by atoms with Crippen LogP contribution in [0.25, 0.3) is 0 Å². The van der Waals surface area contributed by atoms with E-state index in [1.807, 2.05) is 30.3 Å². The first-order chi connectivity index (χ1) is 7.77. The van der Waals surface area contributed by atoms with Gasteiger partial charge < -0.3 is 9.67 Å². The molecule has 0 aliphatic rings. The van der Waals surface area contributed by atoms with Crippen LogP contribution in [0.15, 0.2) is 59.5 Å². The largest absolute Gasteiger partial charge is 0.387 e. The van der Waals surface area contributed by atoms with Gasteiger partial charge in [0.1, 0.15) is 0 Å². The highest BCUT2D eigenvalue weighted by molar-refractivity contribution is 5.17. The minimum Gasteiger partial charge on any atom is -0.387 e. The molecule has 0 aliphatic carbocycles. The molecule has 1 aromatic heterocycles. The number of aliphatic hydroxyl groups is 1. The second-order valence-electron chi connectivity index (χ2n) is 3.62. The van der Waals surface area contributed by atoms with Crippen molar-refractivity contribution in [1.82, 2.24) is 4.57 Å². The second-order valence-corrected chi connectivity index (χ2v) is 3.62. The standard InChI is InChI=1S/C13H13NO2/c15-12(11-6-2-1-3-7-11)10-14-9-5-4-8-13(14)16/h1-9,12,15H,10H2. The maximum absolute atomic E-state index is 11.4. The molecule has 1 heterocycles. The molecule has 0 amide bonds. The van der Waals surface area contributed by atoms with Gasteiger partial charge in [-0.2, -0.15) is 0 Å². The predicted octanol–water partition coefficient (Wildman–Crippen LogP) is 1.58. The van der Waals surface area contributed by atoms with Crippen LogP contribution in [0, 0.1) is 0 Å². The van der Waals surface area contributed by atoms with Crippen LogP contribution in [0.3, 0.4) is 0 Å². The molecule has 0 saturated carbocycles. The zero-order valence-corrected chi connectivity index (χ0v) is 8.78. The van der Waals surface area contributed by atoms with Crippen LogP contribution < -0.4 is 5.56 Å². The molecule has 1 unspecified atom stereocenters. The maximum atomic E-state index is 11.4. The first-order valence-electron chi connectivity index (χ1n) is 5.16. The highest BCUT2D eigenvalue weighted by Gasteiger charge is 2.07. The summed E-state index contributed by atoms with van der Waals surface area (Å²) in [5.41, 5.74) is 0.718. The molecule has 2 rings (SSSR count). The monoisotopic (exact) mass is 215 g/mol. The summed E-state index contributed by atoms with van der Waals surface area (Å²) in [5, 5.41) is 9.94. The number of nitrogens with zero attached hydrogens (tertiary/aromatic N) is 1. The molecule has 3 nitrogen and oxygen atoms in total. The summed E-state index contributed by atoms with van der Waals surface area (Å²) in [6.45, 7) is 0.281. The van der Waals surface area contributed by atoms with E-state index in [4.69, 9.17) is 0 Å². The fraction of sp³-hybridized carbons (Fsp3) is 0.154. The van der Waals surface area contributed by atoms with Gasteiger partial charge in [-0.25, -0.2) is 0 Å². The van der Waals surface area contributed by atoms with E-state index in [1.165, 1.54) is 10.6 Å². The molecule has 16 heavy (non-hydrogen) atoms. The molecule has 1 aromatic carbocycles. The van der Waals surface area contributed by atoms with Crippen molar-refractivity contribution in [2.45, 2.75) is 12.6 Å². The Morgan fingerprint density at radius 2 is 1.75 bits per heavy atom. The van der Waals surface area contributed by atoms with Crippen molar-refractivity contribution >= 4 is 0 Å². The number of hydrogen-bond acceptors (Lipinski definition) is 2. The van der Waals surface area contributed by atoms with E-state index in [0.717, 1.165) is 5.56 Å². The molecule has 3 heteroatoms. The molecule has 0 saturated heterocycles. The third-order valence-electron chi connectivity index (χ3n) is 2.45. The molecule has 0 fully saturated rings. The van der Waals surface area contributed by atoms with E-state index in [9.17, 15) is 9.90 Å². The quantitative estimate of drug-likeness (QED) is 0.844. The minimum atomic E-state index is -0.652. The third kappa shape index (κ3) is 2.38. The van der Waals surface area contributed by atoms with Gasteiger partial charge in [0.05, 0.1) is 12.6 Å². The Morgan fingerprint density at radius 3 is 2.44 bits per heavy atom. The lowest BCUT2D eigenvalue weighted by molar-refractivity contribution is 0.155. The number of pyridine rings is 1. The number of aliphatic hydroxyl groups excluding tert-OH is 1. The first-order valence-corrected chi connectivity index (χ1v) is 5.16. The average Bonchev–Trinajstić information content (AvgIpc) is 2.33. The Kier molecular flexibility index (Phi) is 3.17. The van der Waals surface area contributed by atoms with Crippen LogP contribution in [-0.2, 0) is 6.54 Å². The van der Waals surface area contributed by atoms with Gasteiger partial charge in [0.2, 0.25) is 0 Å². The molecule has 0 radical (unpaired) electrons. The summed E-state index contributed by atoms with van der Waals surface area (Å²) in [4.78, 5) is 11.4. The fourth-order valence-electron chi connectivity index (χ4n) is 1.58. The summed E-state index contributed by atoms with van der Waals surface area (Å²) in [6.07, 6.45) is 1.02. The van der Waals surface area contributed by atoms with Crippen LogP contribution in [-0.4, -0.2) is 9.67 Å². The predicted molar refractivity (Wildman–Crippen MR) is 62.1 cm³/mol. The molecule has 1 atom stereocenters. The lowest BCUT2D eigenvalue weighted by Crippen LogP contribution is -2.21. The van der Waals surface area contributed by atoms with E-state index in [0.29, 0.717) is 0 Å². The van der Waals surface area contributed by atoms with Gasteiger partial charge in [0.15, 0.2) is 0 Å². The number of aromatic nitrogens is 1. The summed E-state index contributed by atoms with van der Waals surface area (Å²) >= 11 is 0. The van der Waals surface area contributed by atoms with E-state index in [2.05, 4.69) is 0 Å².